The van der Waals surface area contributed by atoms with Crippen LogP contribution >= 0.6 is 0 Å². The van der Waals surface area contributed by atoms with E-state index in [4.69, 9.17) is 4.74 Å². The van der Waals surface area contributed by atoms with E-state index in [9.17, 15) is 0 Å². The molecule has 0 atom stereocenters. The fraction of sp³-hybridized carbons (Fsp3) is 0.231. The Labute approximate surface area is 95.1 Å². The van der Waals surface area contributed by atoms with E-state index in [1.54, 1.807) is 7.11 Å². The number of hydrogen-bond acceptors (Lipinski definition) is 3. The van der Waals surface area contributed by atoms with Crippen LogP contribution in [0, 0.1) is 6.92 Å². The van der Waals surface area contributed by atoms with Crippen LogP contribution < -0.4 is 0 Å². The monoisotopic (exact) mass is 214 g/mol. The van der Waals surface area contributed by atoms with Crippen molar-refractivity contribution in [1.82, 2.24) is 9.97 Å². The minimum atomic E-state index is 0.453. The van der Waals surface area contributed by atoms with Gasteiger partial charge in [-0.15, -0.1) is 0 Å². The average Bonchev–Trinajstić information content (AvgIpc) is 2.32. The molecule has 0 amide bonds. The first kappa shape index (κ1) is 10.8. The first-order valence-electron chi connectivity index (χ1n) is 5.16. The molecule has 1 aromatic carbocycles. The number of benzene rings is 1. The van der Waals surface area contributed by atoms with Crippen LogP contribution in [0.5, 0.6) is 0 Å². The summed E-state index contributed by atoms with van der Waals surface area (Å²) in [6.07, 6.45) is 3.65. The standard InChI is InChI=1S/C13H14N2O/c1-10-3-5-11(6-4-10)12-7-14-13(9-16-2)15-8-12/h3-8H,9H2,1-2H3. The van der Waals surface area contributed by atoms with E-state index in [2.05, 4.69) is 41.2 Å². The van der Waals surface area contributed by atoms with E-state index >= 15 is 0 Å². The van der Waals surface area contributed by atoms with E-state index in [0.717, 1.165) is 11.1 Å². The molecule has 0 bridgehead atoms. The molecule has 0 saturated carbocycles. The molecule has 1 aromatic heterocycles. The molecule has 0 aliphatic heterocycles. The second-order valence-corrected chi connectivity index (χ2v) is 3.69. The zero-order valence-electron chi connectivity index (χ0n) is 9.47. The molecule has 0 aliphatic carbocycles. The van der Waals surface area contributed by atoms with Gasteiger partial charge in [-0.2, -0.15) is 0 Å². The molecule has 2 rings (SSSR count). The normalized spacial score (nSPS) is 10.4. The van der Waals surface area contributed by atoms with Gasteiger partial charge in [-0.05, 0) is 12.5 Å². The van der Waals surface area contributed by atoms with Gasteiger partial charge >= 0.3 is 0 Å². The number of ether oxygens (including phenoxy) is 1. The van der Waals surface area contributed by atoms with Crippen LogP contribution in [0.2, 0.25) is 0 Å². The zero-order valence-corrected chi connectivity index (χ0v) is 9.47. The average molecular weight is 214 g/mol. The molecule has 1 heterocycles. The van der Waals surface area contributed by atoms with Crippen molar-refractivity contribution in [3.63, 3.8) is 0 Å². The van der Waals surface area contributed by atoms with E-state index in [0.29, 0.717) is 12.4 Å². The van der Waals surface area contributed by atoms with Crippen LogP contribution in [0.1, 0.15) is 11.4 Å². The van der Waals surface area contributed by atoms with Crippen molar-refractivity contribution in [3.8, 4) is 11.1 Å². The Morgan fingerprint density at radius 2 is 1.62 bits per heavy atom. The molecule has 0 spiro atoms. The SMILES string of the molecule is COCc1ncc(-c2ccc(C)cc2)cn1. The maximum atomic E-state index is 4.96. The molecule has 2 aromatic rings. The van der Waals surface area contributed by atoms with Crippen molar-refractivity contribution < 1.29 is 4.74 Å². The molecule has 0 radical (unpaired) electrons. The third-order valence-corrected chi connectivity index (χ3v) is 2.36. The van der Waals surface area contributed by atoms with Gasteiger partial charge in [0.1, 0.15) is 6.61 Å². The van der Waals surface area contributed by atoms with Crippen LogP contribution in [-0.4, -0.2) is 17.1 Å². The molecule has 82 valence electrons. The second-order valence-electron chi connectivity index (χ2n) is 3.69. The van der Waals surface area contributed by atoms with E-state index < -0.39 is 0 Å². The second kappa shape index (κ2) is 4.86. The minimum absolute atomic E-state index is 0.453. The zero-order chi connectivity index (χ0) is 11.4. The Hall–Kier alpha value is -1.74. The summed E-state index contributed by atoms with van der Waals surface area (Å²) in [7, 11) is 1.64. The fourth-order valence-corrected chi connectivity index (χ4v) is 1.45. The minimum Gasteiger partial charge on any atom is -0.377 e. The smallest absolute Gasteiger partial charge is 0.153 e. The van der Waals surface area contributed by atoms with Crippen LogP contribution in [0.4, 0.5) is 0 Å². The van der Waals surface area contributed by atoms with Gasteiger partial charge in [0.25, 0.3) is 0 Å². The molecule has 0 unspecified atom stereocenters. The largest absolute Gasteiger partial charge is 0.377 e. The molecular weight excluding hydrogens is 200 g/mol. The van der Waals surface area contributed by atoms with Gasteiger partial charge in [0.2, 0.25) is 0 Å². The lowest BCUT2D eigenvalue weighted by Gasteiger charge is -2.02. The lowest BCUT2D eigenvalue weighted by Crippen LogP contribution is -1.96. The van der Waals surface area contributed by atoms with E-state index in [1.807, 2.05) is 12.4 Å². The maximum Gasteiger partial charge on any atom is 0.153 e. The number of hydrogen-bond donors (Lipinski definition) is 0. The first-order chi connectivity index (χ1) is 7.79. The highest BCUT2D eigenvalue weighted by Gasteiger charge is 1.99. The number of methoxy groups -OCH3 is 1. The Balaban J connectivity index is 2.24. The topological polar surface area (TPSA) is 35.0 Å². The summed E-state index contributed by atoms with van der Waals surface area (Å²) < 4.78 is 4.96. The first-order valence-corrected chi connectivity index (χ1v) is 5.16. The Kier molecular flexibility index (Phi) is 3.27. The van der Waals surface area contributed by atoms with Crippen molar-refractivity contribution in [2.45, 2.75) is 13.5 Å². The fourth-order valence-electron chi connectivity index (χ4n) is 1.45. The van der Waals surface area contributed by atoms with E-state index in [1.165, 1.54) is 5.56 Å². The van der Waals surface area contributed by atoms with Crippen LogP contribution in [0.3, 0.4) is 0 Å². The van der Waals surface area contributed by atoms with Gasteiger partial charge in [0.05, 0.1) is 0 Å². The van der Waals surface area contributed by atoms with Gasteiger partial charge in [-0.25, -0.2) is 9.97 Å². The molecule has 3 nitrogen and oxygen atoms in total. The Morgan fingerprint density at radius 3 is 2.19 bits per heavy atom. The van der Waals surface area contributed by atoms with Gasteiger partial charge in [-0.1, -0.05) is 29.8 Å². The van der Waals surface area contributed by atoms with Crippen molar-refractivity contribution in [2.24, 2.45) is 0 Å². The van der Waals surface area contributed by atoms with Crippen molar-refractivity contribution >= 4 is 0 Å². The van der Waals surface area contributed by atoms with Gasteiger partial charge in [-0.3, -0.25) is 0 Å². The maximum absolute atomic E-state index is 4.96. The number of aromatic nitrogens is 2. The third-order valence-electron chi connectivity index (χ3n) is 2.36. The summed E-state index contributed by atoms with van der Waals surface area (Å²) in [5, 5.41) is 0. The van der Waals surface area contributed by atoms with E-state index in [-0.39, 0.29) is 0 Å². The Morgan fingerprint density at radius 1 is 1.00 bits per heavy atom. The van der Waals surface area contributed by atoms with Crippen LogP contribution in [-0.2, 0) is 11.3 Å². The predicted octanol–water partition coefficient (Wildman–Crippen LogP) is 2.60. The van der Waals surface area contributed by atoms with Crippen molar-refractivity contribution in [1.29, 1.82) is 0 Å². The molecule has 0 N–H and O–H groups in total. The summed E-state index contributed by atoms with van der Waals surface area (Å²) in [5.41, 5.74) is 3.41. The van der Waals surface area contributed by atoms with Crippen LogP contribution in [0.25, 0.3) is 11.1 Å². The predicted molar refractivity (Wildman–Crippen MR) is 62.9 cm³/mol. The van der Waals surface area contributed by atoms with Gasteiger partial charge in [0.15, 0.2) is 5.82 Å². The lowest BCUT2D eigenvalue weighted by atomic mass is 10.1. The summed E-state index contributed by atoms with van der Waals surface area (Å²) in [6.45, 7) is 2.52. The number of nitrogens with zero attached hydrogens (tertiary/aromatic N) is 2. The number of aryl methyl sites for hydroxylation is 1. The van der Waals surface area contributed by atoms with Gasteiger partial charge in [0, 0.05) is 25.1 Å². The highest BCUT2D eigenvalue weighted by molar-refractivity contribution is 5.61. The Bertz CT molecular complexity index is 448. The lowest BCUT2D eigenvalue weighted by molar-refractivity contribution is 0.178. The quantitative estimate of drug-likeness (QED) is 0.787. The summed E-state index contributed by atoms with van der Waals surface area (Å²) >= 11 is 0. The van der Waals surface area contributed by atoms with Crippen LogP contribution in [0.15, 0.2) is 36.7 Å². The molecule has 16 heavy (non-hydrogen) atoms. The third kappa shape index (κ3) is 2.44. The summed E-state index contributed by atoms with van der Waals surface area (Å²) in [4.78, 5) is 8.46. The molecule has 3 heteroatoms. The highest BCUT2D eigenvalue weighted by atomic mass is 16.5. The number of rotatable bonds is 3. The van der Waals surface area contributed by atoms with Crippen molar-refractivity contribution in [2.75, 3.05) is 7.11 Å². The summed E-state index contributed by atoms with van der Waals surface area (Å²) in [6, 6.07) is 8.31. The molecule has 0 saturated heterocycles. The summed E-state index contributed by atoms with van der Waals surface area (Å²) in [5.74, 6) is 0.707. The molecule has 0 aliphatic rings. The molecular formula is C13H14N2O. The van der Waals surface area contributed by atoms with Crippen molar-refractivity contribution in [3.05, 3.63) is 48.0 Å². The van der Waals surface area contributed by atoms with Gasteiger partial charge < -0.3 is 4.74 Å². The molecule has 0 fully saturated rings. The highest BCUT2D eigenvalue weighted by Crippen LogP contribution is 2.17.